The van der Waals surface area contributed by atoms with Crippen LogP contribution in [-0.2, 0) is 0 Å². The summed E-state index contributed by atoms with van der Waals surface area (Å²) >= 11 is 0. The molecule has 0 atom stereocenters. The van der Waals surface area contributed by atoms with E-state index in [0.717, 1.165) is 22.5 Å². The summed E-state index contributed by atoms with van der Waals surface area (Å²) in [6, 6.07) is 37.9. The Hall–Kier alpha value is -4.18. The minimum absolute atomic E-state index is 1.00. The van der Waals surface area contributed by atoms with E-state index in [4.69, 9.17) is 0 Å². The fourth-order valence-electron chi connectivity index (χ4n) is 3.88. The Morgan fingerprint density at radius 1 is 0.457 bits per heavy atom. The summed E-state index contributed by atoms with van der Waals surface area (Å²) in [6.45, 7) is 0. The second-order valence-corrected chi connectivity index (χ2v) is 12.0. The van der Waals surface area contributed by atoms with E-state index in [1.165, 1.54) is 10.4 Å². The van der Waals surface area contributed by atoms with Crippen molar-refractivity contribution in [3.05, 3.63) is 120 Å². The molecule has 4 aromatic carbocycles. The topological polar surface area (TPSA) is 6.48 Å². The van der Waals surface area contributed by atoms with Crippen LogP contribution in [0, 0.1) is 22.9 Å². The first-order valence-corrected chi connectivity index (χ1v) is 13.7. The average Bonchev–Trinajstić information content (AvgIpc) is 2.90. The number of anilines is 2. The minimum atomic E-state index is -2.79. The van der Waals surface area contributed by atoms with Crippen LogP contribution >= 0.6 is 0 Å². The van der Waals surface area contributed by atoms with E-state index >= 15 is 0 Å². The van der Waals surface area contributed by atoms with Crippen molar-refractivity contribution in [2.24, 2.45) is 0 Å². The zero-order valence-corrected chi connectivity index (χ0v) is 21.8. The summed E-state index contributed by atoms with van der Waals surface area (Å²) in [6.07, 6.45) is 0. The zero-order valence-electron chi connectivity index (χ0n) is 20.8. The molecule has 0 aliphatic carbocycles. The molecule has 0 bridgehead atoms. The van der Waals surface area contributed by atoms with Gasteiger partial charge in [-0.25, -0.2) is 0 Å². The normalized spacial score (nSPS) is 10.4. The first kappa shape index (κ1) is 24.0. The lowest BCUT2D eigenvalue weighted by Crippen LogP contribution is -2.57. The van der Waals surface area contributed by atoms with Gasteiger partial charge in [0.25, 0.3) is 8.07 Å². The predicted octanol–water partition coefficient (Wildman–Crippen LogP) is 4.56. The molecule has 0 radical (unpaired) electrons. The van der Waals surface area contributed by atoms with Gasteiger partial charge >= 0.3 is 0 Å². The van der Waals surface area contributed by atoms with Gasteiger partial charge in [0.05, 0.1) is 0 Å². The van der Waals surface area contributed by atoms with Gasteiger partial charge in [-0.1, -0.05) is 83.6 Å². The van der Waals surface area contributed by atoms with Crippen molar-refractivity contribution in [3.63, 3.8) is 0 Å². The predicted molar refractivity (Wildman–Crippen MR) is 153 cm³/mol. The first-order chi connectivity index (χ1) is 17.0. The molecule has 0 unspecified atom stereocenters. The number of nitrogens with zero attached hydrogens (tertiary/aromatic N) is 2. The molecule has 0 aliphatic heterocycles. The van der Waals surface area contributed by atoms with Gasteiger partial charge in [0.1, 0.15) is 0 Å². The largest absolute Gasteiger partial charge is 0.378 e. The van der Waals surface area contributed by atoms with E-state index in [9.17, 15) is 0 Å². The maximum absolute atomic E-state index is 3.74. The van der Waals surface area contributed by atoms with Crippen LogP contribution in [0.5, 0.6) is 0 Å². The zero-order chi connectivity index (χ0) is 24.7. The second kappa shape index (κ2) is 10.8. The van der Waals surface area contributed by atoms with Crippen LogP contribution in [0.1, 0.15) is 11.1 Å². The highest BCUT2D eigenvalue weighted by Gasteiger charge is 2.35. The molecule has 2 nitrogen and oxygen atoms in total. The second-order valence-electron chi connectivity index (χ2n) is 8.86. The first-order valence-electron chi connectivity index (χ1n) is 11.7. The molecule has 0 aromatic heterocycles. The SMILES string of the molecule is CN(C)c1ccc([Si](C#Cc2ccccc2)(C#Cc2ccccc2)c2ccc(N(C)C)cc2)cc1. The summed E-state index contributed by atoms with van der Waals surface area (Å²) < 4.78 is 0. The van der Waals surface area contributed by atoms with E-state index in [-0.39, 0.29) is 0 Å². The van der Waals surface area contributed by atoms with Crippen LogP contribution in [0.25, 0.3) is 0 Å². The van der Waals surface area contributed by atoms with Crippen molar-refractivity contribution < 1.29 is 0 Å². The standard InChI is InChI=1S/C32H30N2Si/c1-33(2)29-15-19-31(20-16-29)35(25-23-27-11-7-5-8-12-27,26-24-28-13-9-6-10-14-28)32-21-17-30(18-22-32)34(3)4/h5-22H,1-4H3. The Bertz CT molecular complexity index is 1260. The molecule has 0 N–H and O–H groups in total. The molecule has 0 fully saturated rings. The molecule has 3 heteroatoms. The van der Waals surface area contributed by atoms with Crippen LogP contribution in [0.3, 0.4) is 0 Å². The van der Waals surface area contributed by atoms with Crippen LogP contribution < -0.4 is 20.2 Å². The van der Waals surface area contributed by atoms with Crippen molar-refractivity contribution in [3.8, 4) is 22.9 Å². The van der Waals surface area contributed by atoms with Gasteiger partial charge in [-0.2, -0.15) is 0 Å². The third-order valence-electron chi connectivity index (χ3n) is 5.97. The smallest absolute Gasteiger partial charge is 0.276 e. The lowest BCUT2D eigenvalue weighted by Gasteiger charge is -2.23. The molecule has 0 heterocycles. The molecule has 0 saturated carbocycles. The van der Waals surface area contributed by atoms with Gasteiger partial charge in [-0.05, 0) is 58.9 Å². The summed E-state index contributed by atoms with van der Waals surface area (Å²) in [5.41, 5.74) is 11.8. The van der Waals surface area contributed by atoms with Crippen LogP contribution in [0.2, 0.25) is 0 Å². The maximum atomic E-state index is 3.74. The quantitative estimate of drug-likeness (QED) is 0.319. The van der Waals surface area contributed by atoms with E-state index in [1.807, 2.05) is 36.4 Å². The lowest BCUT2D eigenvalue weighted by atomic mass is 10.2. The van der Waals surface area contributed by atoms with Crippen LogP contribution in [-0.4, -0.2) is 36.3 Å². The summed E-state index contributed by atoms with van der Waals surface area (Å²) in [4.78, 5) is 4.23. The van der Waals surface area contributed by atoms with Crippen molar-refractivity contribution in [2.75, 3.05) is 38.0 Å². The summed E-state index contributed by atoms with van der Waals surface area (Å²) in [5.74, 6) is 6.96. The maximum Gasteiger partial charge on any atom is 0.276 e. The minimum Gasteiger partial charge on any atom is -0.378 e. The Kier molecular flexibility index (Phi) is 7.41. The molecular weight excluding hydrogens is 440 g/mol. The highest BCUT2D eigenvalue weighted by atomic mass is 28.3. The molecular formula is C32H30N2Si. The van der Waals surface area contributed by atoms with Crippen molar-refractivity contribution in [1.82, 2.24) is 0 Å². The number of hydrogen-bond acceptors (Lipinski definition) is 2. The van der Waals surface area contributed by atoms with Crippen molar-refractivity contribution >= 4 is 29.8 Å². The third kappa shape index (κ3) is 5.67. The monoisotopic (exact) mass is 470 g/mol. The number of hydrogen-bond donors (Lipinski definition) is 0. The fourth-order valence-corrected chi connectivity index (χ4v) is 6.85. The van der Waals surface area contributed by atoms with Crippen molar-refractivity contribution in [2.45, 2.75) is 0 Å². The molecule has 0 saturated heterocycles. The number of rotatable bonds is 4. The van der Waals surface area contributed by atoms with Gasteiger partial charge in [0.2, 0.25) is 0 Å². The molecule has 0 aliphatic rings. The summed E-state index contributed by atoms with van der Waals surface area (Å²) in [7, 11) is 5.45. The average molecular weight is 471 g/mol. The van der Waals surface area contributed by atoms with E-state index in [0.29, 0.717) is 0 Å². The van der Waals surface area contributed by atoms with E-state index in [2.05, 4.69) is 134 Å². The molecule has 0 amide bonds. The highest BCUT2D eigenvalue weighted by molar-refractivity contribution is 7.13. The van der Waals surface area contributed by atoms with E-state index in [1.54, 1.807) is 0 Å². The molecule has 4 rings (SSSR count). The Balaban J connectivity index is 1.97. The molecule has 172 valence electrons. The van der Waals surface area contributed by atoms with Gasteiger partial charge in [0, 0.05) is 50.7 Å². The summed E-state index contributed by atoms with van der Waals surface area (Å²) in [5, 5.41) is 2.38. The molecule has 0 spiro atoms. The Morgan fingerprint density at radius 2 is 0.800 bits per heavy atom. The molecule has 35 heavy (non-hydrogen) atoms. The van der Waals surface area contributed by atoms with Gasteiger partial charge in [0.15, 0.2) is 0 Å². The van der Waals surface area contributed by atoms with Gasteiger partial charge in [-0.3, -0.25) is 0 Å². The Morgan fingerprint density at radius 3 is 1.11 bits per heavy atom. The Labute approximate surface area is 210 Å². The lowest BCUT2D eigenvalue weighted by molar-refractivity contribution is 1.13. The number of benzene rings is 4. The van der Waals surface area contributed by atoms with E-state index < -0.39 is 8.07 Å². The molecule has 4 aromatic rings. The highest BCUT2D eigenvalue weighted by Crippen LogP contribution is 2.15. The third-order valence-corrected chi connectivity index (χ3v) is 9.37. The van der Waals surface area contributed by atoms with Gasteiger partial charge in [-0.15, -0.1) is 0 Å². The van der Waals surface area contributed by atoms with Crippen LogP contribution in [0.15, 0.2) is 109 Å². The fraction of sp³-hybridized carbons (Fsp3) is 0.125. The van der Waals surface area contributed by atoms with Gasteiger partial charge < -0.3 is 9.80 Å². The van der Waals surface area contributed by atoms with Crippen molar-refractivity contribution in [1.29, 1.82) is 0 Å². The van der Waals surface area contributed by atoms with Crippen LogP contribution in [0.4, 0.5) is 11.4 Å².